The highest BCUT2D eigenvalue weighted by Crippen LogP contribution is 2.10. The van der Waals surface area contributed by atoms with E-state index in [1.807, 2.05) is 0 Å². The molecule has 0 bridgehead atoms. The van der Waals surface area contributed by atoms with E-state index in [0.717, 1.165) is 5.56 Å². The van der Waals surface area contributed by atoms with Crippen LogP contribution in [-0.4, -0.2) is 23.8 Å². The van der Waals surface area contributed by atoms with Crippen LogP contribution in [0.5, 0.6) is 5.75 Å². The molecule has 0 aliphatic heterocycles. The summed E-state index contributed by atoms with van der Waals surface area (Å²) in [5, 5.41) is 7.27. The molecule has 0 radical (unpaired) electrons. The van der Waals surface area contributed by atoms with Crippen molar-refractivity contribution >= 4 is 29.5 Å². The van der Waals surface area contributed by atoms with E-state index >= 15 is 0 Å². The van der Waals surface area contributed by atoms with E-state index in [9.17, 15) is 4.79 Å². The Morgan fingerprint density at radius 2 is 2.16 bits per heavy atom. The van der Waals surface area contributed by atoms with Crippen molar-refractivity contribution in [2.24, 2.45) is 5.10 Å². The molecule has 2 N–H and O–H groups in total. The first-order valence-corrected chi connectivity index (χ1v) is 5.99. The molecule has 100 valence electrons. The number of hydrazone groups is 1. The van der Waals surface area contributed by atoms with E-state index in [2.05, 4.69) is 22.4 Å². The lowest BCUT2D eigenvalue weighted by Gasteiger charge is -2.03. The number of hydrogen-bond acceptors (Lipinski definition) is 4. The van der Waals surface area contributed by atoms with Crippen LogP contribution in [-0.2, 0) is 4.79 Å². The summed E-state index contributed by atoms with van der Waals surface area (Å²) in [7, 11) is 0. The molecule has 19 heavy (non-hydrogen) atoms. The first-order chi connectivity index (χ1) is 9.11. The predicted molar refractivity (Wildman–Crippen MR) is 79.3 cm³/mol. The lowest BCUT2D eigenvalue weighted by atomic mass is 10.2. The Hall–Kier alpha value is -2.21. The first-order valence-electron chi connectivity index (χ1n) is 5.58. The highest BCUT2D eigenvalue weighted by atomic mass is 32.1. The second kappa shape index (κ2) is 7.99. The Balaban J connectivity index is 2.46. The Morgan fingerprint density at radius 1 is 1.47 bits per heavy atom. The predicted octanol–water partition coefficient (Wildman–Crippen LogP) is 1.60. The van der Waals surface area contributed by atoms with Crippen LogP contribution in [0.2, 0.25) is 0 Å². The summed E-state index contributed by atoms with van der Waals surface area (Å²) >= 11 is 4.96. The molecular weight excluding hydrogens is 262 g/mol. The summed E-state index contributed by atoms with van der Waals surface area (Å²) in [5.41, 5.74) is 3.53. The van der Waals surface area contributed by atoms with Gasteiger partial charge in [-0.3, -0.25) is 10.2 Å². The van der Waals surface area contributed by atoms with Gasteiger partial charge in [0.15, 0.2) is 5.11 Å². The standard InChI is InChI=1S/C13H15N3O2S/c1-3-8-14-13(19)16-15-9-11-4-6-12(7-5-11)18-10(2)17/h3-7,9H,1,8H2,2H3,(H2,14,16,19)/b15-9-. The highest BCUT2D eigenvalue weighted by Gasteiger charge is 1.97. The molecule has 0 aromatic heterocycles. The minimum atomic E-state index is -0.346. The fourth-order valence-electron chi connectivity index (χ4n) is 1.16. The van der Waals surface area contributed by atoms with E-state index in [1.165, 1.54) is 6.92 Å². The number of carbonyl (C=O) groups is 1. The van der Waals surface area contributed by atoms with Gasteiger partial charge in [-0.25, -0.2) is 0 Å². The maximum Gasteiger partial charge on any atom is 0.308 e. The largest absolute Gasteiger partial charge is 0.427 e. The van der Waals surface area contributed by atoms with Gasteiger partial charge < -0.3 is 10.1 Å². The maximum atomic E-state index is 10.7. The molecule has 0 amide bonds. The molecule has 6 heteroatoms. The van der Waals surface area contributed by atoms with Crippen LogP contribution in [0.3, 0.4) is 0 Å². The van der Waals surface area contributed by atoms with E-state index in [4.69, 9.17) is 17.0 Å². The highest BCUT2D eigenvalue weighted by molar-refractivity contribution is 7.80. The molecule has 0 atom stereocenters. The molecule has 0 aliphatic rings. The summed E-state index contributed by atoms with van der Waals surface area (Å²) in [5.74, 6) is 0.155. The maximum absolute atomic E-state index is 10.7. The third-order valence-corrected chi connectivity index (χ3v) is 2.16. The number of carbonyl (C=O) groups excluding carboxylic acids is 1. The third-order valence-electron chi connectivity index (χ3n) is 1.93. The Bertz CT molecular complexity index is 483. The molecule has 0 saturated heterocycles. The van der Waals surface area contributed by atoms with Gasteiger partial charge >= 0.3 is 5.97 Å². The minimum absolute atomic E-state index is 0.346. The molecule has 0 fully saturated rings. The molecular formula is C13H15N3O2S. The van der Waals surface area contributed by atoms with Gasteiger partial charge in [0, 0.05) is 13.5 Å². The number of benzene rings is 1. The van der Waals surface area contributed by atoms with Gasteiger partial charge in [-0.05, 0) is 42.0 Å². The zero-order chi connectivity index (χ0) is 14.1. The molecule has 0 aliphatic carbocycles. The van der Waals surface area contributed by atoms with Gasteiger partial charge in [0.05, 0.1) is 6.21 Å². The summed E-state index contributed by atoms with van der Waals surface area (Å²) in [6, 6.07) is 6.95. The normalized spacial score (nSPS) is 9.95. The number of ether oxygens (including phenoxy) is 1. The van der Waals surface area contributed by atoms with Crippen LogP contribution in [0.25, 0.3) is 0 Å². The first kappa shape index (κ1) is 14.8. The van der Waals surface area contributed by atoms with E-state index < -0.39 is 0 Å². The van der Waals surface area contributed by atoms with Crippen molar-refractivity contribution in [2.75, 3.05) is 6.54 Å². The van der Waals surface area contributed by atoms with Crippen LogP contribution in [0.15, 0.2) is 42.0 Å². The van der Waals surface area contributed by atoms with Gasteiger partial charge in [0.2, 0.25) is 0 Å². The van der Waals surface area contributed by atoms with Gasteiger partial charge in [-0.1, -0.05) is 6.08 Å². The third kappa shape index (κ3) is 6.32. The van der Waals surface area contributed by atoms with Crippen LogP contribution in [0.4, 0.5) is 0 Å². The fourth-order valence-corrected chi connectivity index (χ4v) is 1.29. The molecule has 0 unspecified atom stereocenters. The molecule has 1 rings (SSSR count). The molecule has 0 spiro atoms. The second-order valence-electron chi connectivity index (χ2n) is 3.53. The Kier molecular flexibility index (Phi) is 6.25. The van der Waals surface area contributed by atoms with Gasteiger partial charge in [0.1, 0.15) is 5.75 Å². The van der Waals surface area contributed by atoms with Crippen molar-refractivity contribution in [3.63, 3.8) is 0 Å². The lowest BCUT2D eigenvalue weighted by molar-refractivity contribution is -0.131. The summed E-state index contributed by atoms with van der Waals surface area (Å²) < 4.78 is 4.92. The van der Waals surface area contributed by atoms with Gasteiger partial charge in [-0.15, -0.1) is 6.58 Å². The van der Waals surface area contributed by atoms with Crippen molar-refractivity contribution in [3.8, 4) is 5.75 Å². The Labute approximate surface area is 117 Å². The van der Waals surface area contributed by atoms with Crippen molar-refractivity contribution in [3.05, 3.63) is 42.5 Å². The molecule has 1 aromatic rings. The molecule has 1 aromatic carbocycles. The zero-order valence-corrected chi connectivity index (χ0v) is 11.4. The van der Waals surface area contributed by atoms with Crippen molar-refractivity contribution in [1.29, 1.82) is 0 Å². The summed E-state index contributed by atoms with van der Waals surface area (Å²) in [4.78, 5) is 10.7. The Morgan fingerprint density at radius 3 is 2.74 bits per heavy atom. The van der Waals surface area contributed by atoms with Crippen LogP contribution in [0, 0.1) is 0 Å². The van der Waals surface area contributed by atoms with E-state index in [-0.39, 0.29) is 5.97 Å². The van der Waals surface area contributed by atoms with Crippen LogP contribution in [0.1, 0.15) is 12.5 Å². The quantitative estimate of drug-likeness (QED) is 0.214. The van der Waals surface area contributed by atoms with Crippen LogP contribution < -0.4 is 15.5 Å². The summed E-state index contributed by atoms with van der Waals surface area (Å²) in [6.07, 6.45) is 3.31. The number of thiocarbonyl (C=S) groups is 1. The zero-order valence-electron chi connectivity index (χ0n) is 10.6. The average Bonchev–Trinajstić information content (AvgIpc) is 2.38. The lowest BCUT2D eigenvalue weighted by Crippen LogP contribution is -2.31. The number of rotatable bonds is 5. The van der Waals surface area contributed by atoms with Crippen molar-refractivity contribution in [1.82, 2.24) is 10.7 Å². The fraction of sp³-hybridized carbons (Fsp3) is 0.154. The number of hydrogen-bond donors (Lipinski definition) is 2. The van der Waals surface area contributed by atoms with Gasteiger partial charge in [-0.2, -0.15) is 5.10 Å². The minimum Gasteiger partial charge on any atom is -0.427 e. The smallest absolute Gasteiger partial charge is 0.308 e. The molecule has 5 nitrogen and oxygen atoms in total. The average molecular weight is 277 g/mol. The van der Waals surface area contributed by atoms with Crippen molar-refractivity contribution < 1.29 is 9.53 Å². The monoisotopic (exact) mass is 277 g/mol. The van der Waals surface area contributed by atoms with E-state index in [0.29, 0.717) is 17.4 Å². The number of esters is 1. The summed E-state index contributed by atoms with van der Waals surface area (Å²) in [6.45, 7) is 5.50. The number of nitrogens with zero attached hydrogens (tertiary/aromatic N) is 1. The van der Waals surface area contributed by atoms with Crippen molar-refractivity contribution in [2.45, 2.75) is 6.92 Å². The van der Waals surface area contributed by atoms with E-state index in [1.54, 1.807) is 36.6 Å². The SMILES string of the molecule is C=CCNC(=S)N/N=C\c1ccc(OC(C)=O)cc1. The molecule has 0 heterocycles. The van der Waals surface area contributed by atoms with Crippen LogP contribution >= 0.6 is 12.2 Å². The molecule has 0 saturated carbocycles. The topological polar surface area (TPSA) is 62.7 Å². The number of nitrogens with one attached hydrogen (secondary N) is 2. The second-order valence-corrected chi connectivity index (χ2v) is 3.94. The van der Waals surface area contributed by atoms with Gasteiger partial charge in [0.25, 0.3) is 0 Å².